The quantitative estimate of drug-likeness (QED) is 0.592. The molecular formula is C25H33N5O2. The highest BCUT2D eigenvalue weighted by Crippen LogP contribution is 2.42. The molecule has 3 heterocycles. The molecule has 0 N–H and O–H groups in total. The topological polar surface area (TPSA) is 57.2 Å². The normalized spacial score (nSPS) is 18.3. The van der Waals surface area contributed by atoms with Crippen molar-refractivity contribution in [1.82, 2.24) is 18.9 Å². The lowest BCUT2D eigenvalue weighted by Gasteiger charge is -2.39. The van der Waals surface area contributed by atoms with E-state index in [1.54, 1.807) is 4.57 Å². The molecule has 0 atom stereocenters. The minimum Gasteiger partial charge on any atom is -0.372 e. The van der Waals surface area contributed by atoms with Crippen molar-refractivity contribution in [3.05, 3.63) is 64.1 Å². The number of ether oxygens (including phenoxy) is 1. The van der Waals surface area contributed by atoms with E-state index < -0.39 is 0 Å². The molecule has 2 aromatic heterocycles. The molecule has 1 aromatic carbocycles. The maximum atomic E-state index is 13.4. The molecule has 7 heteroatoms. The molecule has 0 radical (unpaired) electrons. The van der Waals surface area contributed by atoms with Crippen molar-refractivity contribution in [3.63, 3.8) is 0 Å². The highest BCUT2D eigenvalue weighted by atomic mass is 16.5. The van der Waals surface area contributed by atoms with Crippen LogP contribution in [0.4, 0.5) is 5.69 Å². The van der Waals surface area contributed by atoms with Crippen molar-refractivity contribution in [2.24, 2.45) is 0 Å². The smallest absolute Gasteiger partial charge is 0.333 e. The maximum Gasteiger partial charge on any atom is 0.333 e. The first-order chi connectivity index (χ1) is 15.3. The molecule has 0 unspecified atom stereocenters. The van der Waals surface area contributed by atoms with Gasteiger partial charge in [0.2, 0.25) is 0 Å². The molecular weight excluding hydrogens is 402 g/mol. The number of morpholine rings is 1. The van der Waals surface area contributed by atoms with Gasteiger partial charge in [-0.3, -0.25) is 13.8 Å². The number of aryl methyl sites for hydroxylation is 2. The van der Waals surface area contributed by atoms with Gasteiger partial charge in [0.05, 0.1) is 30.6 Å². The highest BCUT2D eigenvalue weighted by molar-refractivity contribution is 5.58. The van der Waals surface area contributed by atoms with Crippen LogP contribution in [0.25, 0.3) is 5.69 Å². The Kier molecular flexibility index (Phi) is 5.24. The molecule has 3 aromatic rings. The molecule has 0 amide bonds. The first-order valence-electron chi connectivity index (χ1n) is 11.7. The van der Waals surface area contributed by atoms with Crippen molar-refractivity contribution in [3.8, 4) is 5.69 Å². The minimum absolute atomic E-state index is 0.00653. The molecule has 1 saturated heterocycles. The Morgan fingerprint density at radius 1 is 1.16 bits per heavy atom. The van der Waals surface area contributed by atoms with Gasteiger partial charge in [0, 0.05) is 49.0 Å². The van der Waals surface area contributed by atoms with Gasteiger partial charge in [0.15, 0.2) is 0 Å². The lowest BCUT2D eigenvalue weighted by molar-refractivity contribution is -0.0276. The standard InChI is InChI=1S/C25H33N5O2/c1-5-29-16-19(13-26-29)15-28-14-18(2)30(24(28)31)23-11-21(20-6-7-20)10-22(12-23)27-8-9-32-25(3,4)17-27/h10-14,16,20H,5-9,15,17H2,1-4H3. The van der Waals surface area contributed by atoms with Gasteiger partial charge in [-0.25, -0.2) is 4.79 Å². The first-order valence-corrected chi connectivity index (χ1v) is 11.7. The predicted molar refractivity (Wildman–Crippen MR) is 126 cm³/mol. The highest BCUT2D eigenvalue weighted by Gasteiger charge is 2.30. The van der Waals surface area contributed by atoms with Crippen molar-refractivity contribution in [1.29, 1.82) is 0 Å². The molecule has 2 fully saturated rings. The van der Waals surface area contributed by atoms with E-state index in [1.165, 1.54) is 24.1 Å². The summed E-state index contributed by atoms with van der Waals surface area (Å²) in [7, 11) is 0. The fourth-order valence-electron chi connectivity index (χ4n) is 4.72. The largest absolute Gasteiger partial charge is 0.372 e. The molecule has 1 aliphatic heterocycles. The van der Waals surface area contributed by atoms with Gasteiger partial charge in [0.25, 0.3) is 0 Å². The van der Waals surface area contributed by atoms with E-state index in [-0.39, 0.29) is 11.3 Å². The zero-order valence-electron chi connectivity index (χ0n) is 19.5. The molecule has 32 heavy (non-hydrogen) atoms. The summed E-state index contributed by atoms with van der Waals surface area (Å²) in [4.78, 5) is 15.8. The zero-order chi connectivity index (χ0) is 22.5. The van der Waals surface area contributed by atoms with Crippen LogP contribution in [0, 0.1) is 6.92 Å². The number of nitrogens with zero attached hydrogens (tertiary/aromatic N) is 5. The fraction of sp³-hybridized carbons (Fsp3) is 0.520. The van der Waals surface area contributed by atoms with Crippen LogP contribution < -0.4 is 10.6 Å². The average Bonchev–Trinajstić information content (AvgIpc) is 3.45. The summed E-state index contributed by atoms with van der Waals surface area (Å²) in [5.74, 6) is 0.612. The summed E-state index contributed by atoms with van der Waals surface area (Å²) in [6, 6.07) is 6.70. The summed E-state index contributed by atoms with van der Waals surface area (Å²) < 4.78 is 11.4. The number of rotatable bonds is 6. The molecule has 7 nitrogen and oxygen atoms in total. The molecule has 1 aliphatic carbocycles. The lowest BCUT2D eigenvalue weighted by atomic mass is 10.0. The van der Waals surface area contributed by atoms with Gasteiger partial charge in [-0.05, 0) is 70.2 Å². The van der Waals surface area contributed by atoms with Crippen LogP contribution in [0.5, 0.6) is 0 Å². The van der Waals surface area contributed by atoms with E-state index in [9.17, 15) is 4.79 Å². The fourth-order valence-corrected chi connectivity index (χ4v) is 4.72. The average molecular weight is 436 g/mol. The van der Waals surface area contributed by atoms with E-state index in [4.69, 9.17) is 4.74 Å². The third-order valence-electron chi connectivity index (χ3n) is 6.52. The number of hydrogen-bond donors (Lipinski definition) is 0. The van der Waals surface area contributed by atoms with Crippen LogP contribution in [-0.4, -0.2) is 44.2 Å². The summed E-state index contributed by atoms with van der Waals surface area (Å²) in [5.41, 5.74) is 5.28. The Morgan fingerprint density at radius 2 is 1.94 bits per heavy atom. The van der Waals surface area contributed by atoms with Gasteiger partial charge >= 0.3 is 5.69 Å². The number of aromatic nitrogens is 4. The molecule has 2 aliphatic rings. The Bertz CT molecular complexity index is 1180. The van der Waals surface area contributed by atoms with Gasteiger partial charge in [-0.15, -0.1) is 0 Å². The van der Waals surface area contributed by atoms with Crippen LogP contribution in [0.3, 0.4) is 0 Å². The van der Waals surface area contributed by atoms with Crippen molar-refractivity contribution in [2.45, 2.75) is 65.1 Å². The van der Waals surface area contributed by atoms with E-state index in [0.717, 1.165) is 43.2 Å². The van der Waals surface area contributed by atoms with Crippen molar-refractivity contribution in [2.75, 3.05) is 24.6 Å². The Morgan fingerprint density at radius 3 is 2.62 bits per heavy atom. The predicted octanol–water partition coefficient (Wildman–Crippen LogP) is 3.70. The summed E-state index contributed by atoms with van der Waals surface area (Å²) in [6.45, 7) is 12.1. The Labute approximate surface area is 189 Å². The van der Waals surface area contributed by atoms with Crippen LogP contribution >= 0.6 is 0 Å². The third-order valence-corrected chi connectivity index (χ3v) is 6.52. The maximum absolute atomic E-state index is 13.4. The van der Waals surface area contributed by atoms with Crippen LogP contribution in [0.1, 0.15) is 56.4 Å². The molecule has 0 spiro atoms. The van der Waals surface area contributed by atoms with Gasteiger partial charge < -0.3 is 9.64 Å². The second kappa shape index (κ2) is 7.96. The number of imidazole rings is 1. The first kappa shape index (κ1) is 21.1. The number of anilines is 1. The zero-order valence-corrected chi connectivity index (χ0v) is 19.5. The van der Waals surface area contributed by atoms with Crippen LogP contribution in [0.15, 0.2) is 41.6 Å². The van der Waals surface area contributed by atoms with Crippen LogP contribution in [-0.2, 0) is 17.8 Å². The molecule has 170 valence electrons. The number of hydrogen-bond acceptors (Lipinski definition) is 4. The van der Waals surface area contributed by atoms with Crippen molar-refractivity contribution >= 4 is 5.69 Å². The monoisotopic (exact) mass is 435 g/mol. The van der Waals surface area contributed by atoms with Crippen LogP contribution in [0.2, 0.25) is 0 Å². The third kappa shape index (κ3) is 4.13. The van der Waals surface area contributed by atoms with Gasteiger partial charge in [-0.2, -0.15) is 5.10 Å². The van der Waals surface area contributed by atoms with E-state index >= 15 is 0 Å². The minimum atomic E-state index is -0.174. The van der Waals surface area contributed by atoms with Crippen molar-refractivity contribution < 1.29 is 4.74 Å². The van der Waals surface area contributed by atoms with Gasteiger partial charge in [-0.1, -0.05) is 0 Å². The Hall–Kier alpha value is -2.80. The second-order valence-electron chi connectivity index (χ2n) is 9.81. The van der Waals surface area contributed by atoms with Gasteiger partial charge in [0.1, 0.15) is 0 Å². The molecule has 0 bridgehead atoms. The lowest BCUT2D eigenvalue weighted by Crippen LogP contribution is -2.48. The second-order valence-corrected chi connectivity index (χ2v) is 9.81. The molecule has 1 saturated carbocycles. The number of benzene rings is 1. The summed E-state index contributed by atoms with van der Waals surface area (Å²) in [5, 5.41) is 4.34. The molecule has 5 rings (SSSR count). The van der Waals surface area contributed by atoms with E-state index in [2.05, 4.69) is 49.0 Å². The summed E-state index contributed by atoms with van der Waals surface area (Å²) >= 11 is 0. The van der Waals surface area contributed by atoms with E-state index in [1.807, 2.05) is 34.8 Å². The summed E-state index contributed by atoms with van der Waals surface area (Å²) in [6.07, 6.45) is 8.26. The van der Waals surface area contributed by atoms with E-state index in [0.29, 0.717) is 12.5 Å². The SMILES string of the molecule is CCn1cc(Cn2cc(C)n(-c3cc(C4CC4)cc(N4CCOC(C)(C)C4)c3)c2=O)cn1. The Balaban J connectivity index is 1.52.